The molecular formula is C21H20N4O9S. The number of nitrogens with one attached hydrogen (secondary N) is 1. The molecule has 0 radical (unpaired) electrons. The van der Waals surface area contributed by atoms with E-state index >= 15 is 0 Å². The van der Waals surface area contributed by atoms with Crippen molar-refractivity contribution in [2.75, 3.05) is 45.3 Å². The van der Waals surface area contributed by atoms with Crippen LogP contribution in [0.4, 0.5) is 11.4 Å². The lowest BCUT2D eigenvalue weighted by atomic mass is 10.1. The van der Waals surface area contributed by atoms with Crippen molar-refractivity contribution in [3.8, 4) is 5.75 Å². The van der Waals surface area contributed by atoms with Crippen molar-refractivity contribution >= 4 is 39.1 Å². The molecule has 1 fully saturated rings. The number of hydrogen-bond donors (Lipinski definition) is 1. The van der Waals surface area contributed by atoms with E-state index in [4.69, 9.17) is 9.47 Å². The van der Waals surface area contributed by atoms with E-state index in [0.717, 1.165) is 12.1 Å². The van der Waals surface area contributed by atoms with Gasteiger partial charge in [0.05, 0.1) is 47.0 Å². The SMILES string of the molecule is COc1cc(S(=O)(=O)N2CCOCC2)ccc1NC(=O)CN1C(=O)c2ccc([N+](=O)[O-])cc2C1=O. The van der Waals surface area contributed by atoms with Crippen molar-refractivity contribution in [3.63, 3.8) is 0 Å². The molecule has 2 aliphatic heterocycles. The number of anilines is 1. The molecule has 0 saturated carbocycles. The lowest BCUT2D eigenvalue weighted by Crippen LogP contribution is -2.40. The minimum atomic E-state index is -3.80. The summed E-state index contributed by atoms with van der Waals surface area (Å²) in [7, 11) is -2.50. The van der Waals surface area contributed by atoms with Crippen LogP contribution >= 0.6 is 0 Å². The Kier molecular flexibility index (Phi) is 6.51. The van der Waals surface area contributed by atoms with Crippen molar-refractivity contribution in [2.24, 2.45) is 0 Å². The number of sulfonamides is 1. The molecule has 3 amide bonds. The number of nitrogens with zero attached hydrogens (tertiary/aromatic N) is 3. The number of nitro benzene ring substituents is 1. The van der Waals surface area contributed by atoms with Gasteiger partial charge >= 0.3 is 0 Å². The van der Waals surface area contributed by atoms with Crippen LogP contribution in [0.3, 0.4) is 0 Å². The van der Waals surface area contributed by atoms with Crippen molar-refractivity contribution in [1.82, 2.24) is 9.21 Å². The molecule has 2 aromatic carbocycles. The molecule has 1 N–H and O–H groups in total. The summed E-state index contributed by atoms with van der Waals surface area (Å²) in [5, 5.41) is 13.5. The number of carbonyl (C=O) groups is 3. The molecule has 2 aliphatic rings. The first-order chi connectivity index (χ1) is 16.6. The van der Waals surface area contributed by atoms with Crippen molar-refractivity contribution in [1.29, 1.82) is 0 Å². The predicted octanol–water partition coefficient (Wildman–Crippen LogP) is 0.859. The maximum Gasteiger partial charge on any atom is 0.270 e. The van der Waals surface area contributed by atoms with E-state index in [1.54, 1.807) is 0 Å². The molecule has 2 heterocycles. The van der Waals surface area contributed by atoms with E-state index in [1.165, 1.54) is 35.7 Å². The molecule has 184 valence electrons. The van der Waals surface area contributed by atoms with Crippen LogP contribution in [0.5, 0.6) is 5.75 Å². The zero-order valence-electron chi connectivity index (χ0n) is 18.4. The lowest BCUT2D eigenvalue weighted by Gasteiger charge is -2.26. The van der Waals surface area contributed by atoms with Crippen LogP contribution in [0, 0.1) is 10.1 Å². The highest BCUT2D eigenvalue weighted by molar-refractivity contribution is 7.89. The van der Waals surface area contributed by atoms with Crippen LogP contribution in [-0.2, 0) is 19.6 Å². The Balaban J connectivity index is 1.49. The molecule has 0 unspecified atom stereocenters. The molecule has 1 saturated heterocycles. The number of nitro groups is 1. The van der Waals surface area contributed by atoms with Crippen LogP contribution in [0.25, 0.3) is 0 Å². The number of rotatable bonds is 7. The number of methoxy groups -OCH3 is 1. The van der Waals surface area contributed by atoms with E-state index in [2.05, 4.69) is 5.32 Å². The maximum absolute atomic E-state index is 12.9. The fourth-order valence-electron chi connectivity index (χ4n) is 3.74. The van der Waals surface area contributed by atoms with Gasteiger partial charge < -0.3 is 14.8 Å². The number of carbonyl (C=O) groups excluding carboxylic acids is 3. The van der Waals surface area contributed by atoms with E-state index in [-0.39, 0.29) is 59.4 Å². The molecule has 0 atom stereocenters. The normalized spacial score (nSPS) is 16.2. The van der Waals surface area contributed by atoms with Gasteiger partial charge in [-0.3, -0.25) is 29.4 Å². The number of ether oxygens (including phenoxy) is 2. The predicted molar refractivity (Wildman–Crippen MR) is 120 cm³/mol. The van der Waals surface area contributed by atoms with Gasteiger partial charge in [-0.1, -0.05) is 0 Å². The van der Waals surface area contributed by atoms with Crippen LogP contribution in [-0.4, -0.2) is 80.2 Å². The summed E-state index contributed by atoms with van der Waals surface area (Å²) in [6.45, 7) is 0.349. The van der Waals surface area contributed by atoms with E-state index in [1.807, 2.05) is 0 Å². The van der Waals surface area contributed by atoms with E-state index in [9.17, 15) is 32.9 Å². The van der Waals surface area contributed by atoms with E-state index in [0.29, 0.717) is 4.90 Å². The number of amides is 3. The Morgan fingerprint density at radius 3 is 2.46 bits per heavy atom. The molecule has 0 bridgehead atoms. The summed E-state index contributed by atoms with van der Waals surface area (Å²) in [6.07, 6.45) is 0. The summed E-state index contributed by atoms with van der Waals surface area (Å²) in [5.41, 5.74) is -0.422. The minimum Gasteiger partial charge on any atom is -0.495 e. The highest BCUT2D eigenvalue weighted by atomic mass is 32.2. The third-order valence-corrected chi connectivity index (χ3v) is 7.42. The van der Waals surface area contributed by atoms with Crippen molar-refractivity contribution in [3.05, 3.63) is 57.6 Å². The summed E-state index contributed by atoms with van der Waals surface area (Å²) < 4.78 is 37.4. The first-order valence-electron chi connectivity index (χ1n) is 10.3. The van der Waals surface area contributed by atoms with Gasteiger partial charge in [0.2, 0.25) is 15.9 Å². The first-order valence-corrected chi connectivity index (χ1v) is 11.8. The second-order valence-electron chi connectivity index (χ2n) is 7.61. The first kappa shape index (κ1) is 24.3. The Labute approximate surface area is 199 Å². The molecule has 4 rings (SSSR count). The largest absolute Gasteiger partial charge is 0.495 e. The van der Waals surface area contributed by atoms with Gasteiger partial charge in [-0.2, -0.15) is 4.31 Å². The Morgan fingerprint density at radius 2 is 1.80 bits per heavy atom. The van der Waals surface area contributed by atoms with Gasteiger partial charge in [-0.05, 0) is 18.2 Å². The Morgan fingerprint density at radius 1 is 1.11 bits per heavy atom. The number of hydrogen-bond acceptors (Lipinski definition) is 9. The molecule has 0 aliphatic carbocycles. The zero-order valence-corrected chi connectivity index (χ0v) is 19.2. The van der Waals surface area contributed by atoms with Gasteiger partial charge in [0.15, 0.2) is 0 Å². The summed E-state index contributed by atoms with van der Waals surface area (Å²) >= 11 is 0. The average Bonchev–Trinajstić information content (AvgIpc) is 3.08. The second kappa shape index (κ2) is 9.40. The maximum atomic E-state index is 12.9. The molecule has 35 heavy (non-hydrogen) atoms. The molecule has 2 aromatic rings. The smallest absolute Gasteiger partial charge is 0.270 e. The van der Waals surface area contributed by atoms with Gasteiger partial charge in [-0.15, -0.1) is 0 Å². The van der Waals surface area contributed by atoms with Crippen LogP contribution in [0.1, 0.15) is 20.7 Å². The Hall–Kier alpha value is -3.88. The molecule has 0 spiro atoms. The highest BCUT2D eigenvalue weighted by Gasteiger charge is 2.38. The third-order valence-electron chi connectivity index (χ3n) is 5.52. The van der Waals surface area contributed by atoms with Gasteiger partial charge in [0.25, 0.3) is 17.5 Å². The highest BCUT2D eigenvalue weighted by Crippen LogP contribution is 2.30. The van der Waals surface area contributed by atoms with Gasteiger partial charge in [0.1, 0.15) is 12.3 Å². The second-order valence-corrected chi connectivity index (χ2v) is 9.55. The topological polar surface area (TPSA) is 165 Å². The van der Waals surface area contributed by atoms with Gasteiger partial charge in [0, 0.05) is 31.3 Å². The number of non-ortho nitro benzene ring substituents is 1. The van der Waals surface area contributed by atoms with Crippen molar-refractivity contribution < 1.29 is 37.2 Å². The number of imide groups is 1. The quantitative estimate of drug-likeness (QED) is 0.327. The fraction of sp³-hybridized carbons (Fsp3) is 0.286. The molecular weight excluding hydrogens is 484 g/mol. The van der Waals surface area contributed by atoms with Crippen LogP contribution < -0.4 is 10.1 Å². The lowest BCUT2D eigenvalue weighted by molar-refractivity contribution is -0.384. The van der Waals surface area contributed by atoms with Crippen molar-refractivity contribution in [2.45, 2.75) is 4.90 Å². The molecule has 0 aromatic heterocycles. The number of morpholine rings is 1. The number of benzene rings is 2. The summed E-state index contributed by atoms with van der Waals surface area (Å²) in [4.78, 5) is 48.7. The molecule has 13 nitrogen and oxygen atoms in total. The summed E-state index contributed by atoms with van der Waals surface area (Å²) in [6, 6.07) is 7.18. The van der Waals surface area contributed by atoms with Crippen LogP contribution in [0.15, 0.2) is 41.3 Å². The Bertz CT molecular complexity index is 1340. The van der Waals surface area contributed by atoms with Gasteiger partial charge in [-0.25, -0.2) is 8.42 Å². The van der Waals surface area contributed by atoms with Crippen LogP contribution in [0.2, 0.25) is 0 Å². The average molecular weight is 504 g/mol. The number of fused-ring (bicyclic) bond motifs is 1. The van der Waals surface area contributed by atoms with E-state index < -0.39 is 39.2 Å². The summed E-state index contributed by atoms with van der Waals surface area (Å²) in [5.74, 6) is -2.28. The monoisotopic (exact) mass is 504 g/mol. The fourth-order valence-corrected chi connectivity index (χ4v) is 5.16. The minimum absolute atomic E-state index is 0.0313. The zero-order chi connectivity index (χ0) is 25.3. The third kappa shape index (κ3) is 4.58. The standard InChI is InChI=1S/C21H20N4O9S/c1-33-18-11-14(35(31,32)23-6-8-34-9-7-23)3-5-17(18)22-19(26)12-24-20(27)15-4-2-13(25(29)30)10-16(15)21(24)28/h2-5,10-11H,6-9,12H2,1H3,(H,22,26). The molecule has 14 heteroatoms.